The molecule has 3 aromatic rings. The number of benzene rings is 2. The van der Waals surface area contributed by atoms with Gasteiger partial charge in [0.05, 0.1) is 11.3 Å². The van der Waals surface area contributed by atoms with E-state index in [1.807, 2.05) is 61.7 Å². The van der Waals surface area contributed by atoms with E-state index in [2.05, 4.69) is 23.3 Å². The molecule has 0 aliphatic carbocycles. The van der Waals surface area contributed by atoms with Crippen LogP contribution in [0.15, 0.2) is 65.7 Å². The summed E-state index contributed by atoms with van der Waals surface area (Å²) >= 11 is 1.68. The zero-order valence-electron chi connectivity index (χ0n) is 13.6. The smallest absolute Gasteiger partial charge is 0.257 e. The fourth-order valence-electron chi connectivity index (χ4n) is 2.38. The van der Waals surface area contributed by atoms with Crippen LogP contribution in [0.3, 0.4) is 0 Å². The van der Waals surface area contributed by atoms with Crippen molar-refractivity contribution in [2.45, 2.75) is 13.8 Å². The lowest BCUT2D eigenvalue weighted by Gasteiger charge is -2.09. The van der Waals surface area contributed by atoms with Gasteiger partial charge in [-0.15, -0.1) is 11.3 Å². The first-order valence-electron chi connectivity index (χ1n) is 7.70. The molecule has 0 aliphatic rings. The molecule has 120 valence electrons. The van der Waals surface area contributed by atoms with Gasteiger partial charge in [-0.1, -0.05) is 30.3 Å². The molecule has 0 bridgehead atoms. The predicted molar refractivity (Wildman–Crippen MR) is 102 cm³/mol. The summed E-state index contributed by atoms with van der Waals surface area (Å²) in [6, 6.07) is 19.2. The summed E-state index contributed by atoms with van der Waals surface area (Å²) in [7, 11) is 0. The number of aryl methyl sites for hydroxylation is 2. The number of nitrogens with zero attached hydrogens (tertiary/aromatic N) is 1. The van der Waals surface area contributed by atoms with Gasteiger partial charge in [-0.05, 0) is 49.7 Å². The van der Waals surface area contributed by atoms with Gasteiger partial charge in [-0.3, -0.25) is 9.79 Å². The molecule has 1 aromatic heterocycles. The molecule has 1 N–H and O–H groups in total. The van der Waals surface area contributed by atoms with Crippen LogP contribution in [0.5, 0.6) is 0 Å². The maximum atomic E-state index is 12.6. The Labute approximate surface area is 145 Å². The lowest BCUT2D eigenvalue weighted by Crippen LogP contribution is -2.12. The molecule has 3 nitrogen and oxygen atoms in total. The molecule has 0 saturated carbocycles. The van der Waals surface area contributed by atoms with Crippen molar-refractivity contribution in [3.05, 3.63) is 81.5 Å². The molecule has 1 heterocycles. The molecule has 24 heavy (non-hydrogen) atoms. The molecule has 0 saturated heterocycles. The quantitative estimate of drug-likeness (QED) is 0.640. The van der Waals surface area contributed by atoms with E-state index in [4.69, 9.17) is 0 Å². The summed E-state index contributed by atoms with van der Waals surface area (Å²) in [6.45, 7) is 4.03. The van der Waals surface area contributed by atoms with Gasteiger partial charge in [0.15, 0.2) is 0 Å². The zero-order valence-corrected chi connectivity index (χ0v) is 14.4. The average molecular weight is 334 g/mol. The summed E-state index contributed by atoms with van der Waals surface area (Å²) in [5.41, 5.74) is 3.02. The van der Waals surface area contributed by atoms with Gasteiger partial charge >= 0.3 is 0 Å². The fraction of sp³-hybridized carbons (Fsp3) is 0.100. The van der Waals surface area contributed by atoms with Crippen LogP contribution in [0.25, 0.3) is 0 Å². The van der Waals surface area contributed by atoms with Gasteiger partial charge < -0.3 is 5.32 Å². The minimum Gasteiger partial charge on any atom is -0.322 e. The first-order valence-corrected chi connectivity index (χ1v) is 8.51. The number of thiophene rings is 1. The highest BCUT2D eigenvalue weighted by Crippen LogP contribution is 2.25. The topological polar surface area (TPSA) is 41.5 Å². The molecule has 1 amide bonds. The highest BCUT2D eigenvalue weighted by atomic mass is 32.1. The van der Waals surface area contributed by atoms with Crippen molar-refractivity contribution in [3.63, 3.8) is 0 Å². The van der Waals surface area contributed by atoms with Crippen molar-refractivity contribution in [1.29, 1.82) is 0 Å². The minimum absolute atomic E-state index is 0.153. The van der Waals surface area contributed by atoms with Crippen molar-refractivity contribution < 1.29 is 4.79 Å². The number of carbonyl (C=O) groups is 1. The molecule has 0 spiro atoms. The Kier molecular flexibility index (Phi) is 4.87. The molecule has 2 aromatic carbocycles. The second-order valence-corrected chi connectivity index (χ2v) is 6.82. The van der Waals surface area contributed by atoms with Crippen LogP contribution in [0.4, 0.5) is 11.4 Å². The third-order valence-electron chi connectivity index (χ3n) is 3.60. The Morgan fingerprint density at radius 2 is 1.79 bits per heavy atom. The molecular formula is C20H18N2OS. The van der Waals surface area contributed by atoms with Crippen molar-refractivity contribution >= 4 is 34.8 Å². The van der Waals surface area contributed by atoms with Gasteiger partial charge in [0.2, 0.25) is 0 Å². The first-order chi connectivity index (χ1) is 11.6. The molecule has 0 unspecified atom stereocenters. The number of rotatable bonds is 4. The van der Waals surface area contributed by atoms with E-state index in [1.165, 1.54) is 4.88 Å². The number of carbonyl (C=O) groups excluding carboxylic acids is 1. The van der Waals surface area contributed by atoms with Crippen LogP contribution < -0.4 is 5.32 Å². The third kappa shape index (κ3) is 3.78. The van der Waals surface area contributed by atoms with Crippen LogP contribution >= 0.6 is 11.3 Å². The Morgan fingerprint density at radius 1 is 1.00 bits per heavy atom. The van der Waals surface area contributed by atoms with Crippen LogP contribution in [-0.2, 0) is 0 Å². The third-order valence-corrected chi connectivity index (χ3v) is 4.53. The molecule has 3 rings (SSSR count). The summed E-state index contributed by atoms with van der Waals surface area (Å²) in [5.74, 6) is -0.153. The van der Waals surface area contributed by atoms with Gasteiger partial charge in [-0.2, -0.15) is 0 Å². The largest absolute Gasteiger partial charge is 0.322 e. The zero-order chi connectivity index (χ0) is 16.9. The Morgan fingerprint density at radius 3 is 2.50 bits per heavy atom. The Balaban J connectivity index is 1.89. The summed E-state index contributed by atoms with van der Waals surface area (Å²) < 4.78 is 0. The van der Waals surface area contributed by atoms with E-state index in [9.17, 15) is 4.79 Å². The van der Waals surface area contributed by atoms with E-state index in [-0.39, 0.29) is 5.91 Å². The van der Waals surface area contributed by atoms with Gasteiger partial charge in [0.25, 0.3) is 5.91 Å². The van der Waals surface area contributed by atoms with Crippen molar-refractivity contribution in [1.82, 2.24) is 0 Å². The van der Waals surface area contributed by atoms with Gasteiger partial charge in [0, 0.05) is 21.7 Å². The molecule has 0 atom stereocenters. The fourth-order valence-corrected chi connectivity index (χ4v) is 3.13. The Bertz CT molecular complexity index is 882. The highest BCUT2D eigenvalue weighted by Gasteiger charge is 2.12. The first kappa shape index (κ1) is 16.1. The molecule has 4 heteroatoms. The molecular weight excluding hydrogens is 316 g/mol. The maximum absolute atomic E-state index is 12.6. The van der Waals surface area contributed by atoms with Crippen molar-refractivity contribution in [3.8, 4) is 0 Å². The van der Waals surface area contributed by atoms with Crippen LogP contribution in [0, 0.1) is 13.8 Å². The maximum Gasteiger partial charge on any atom is 0.257 e. The van der Waals surface area contributed by atoms with E-state index in [1.54, 1.807) is 17.4 Å². The number of amides is 1. The predicted octanol–water partition coefficient (Wildman–Crippen LogP) is 5.37. The molecule has 0 radical (unpaired) electrons. The summed E-state index contributed by atoms with van der Waals surface area (Å²) in [6.07, 6.45) is 1.82. The van der Waals surface area contributed by atoms with Gasteiger partial charge in [-0.25, -0.2) is 0 Å². The number of hydrogen-bond donors (Lipinski definition) is 1. The molecule has 0 fully saturated rings. The normalized spacial score (nSPS) is 10.9. The molecule has 0 aliphatic heterocycles. The number of hydrogen-bond acceptors (Lipinski definition) is 3. The second kappa shape index (κ2) is 7.23. The summed E-state index contributed by atoms with van der Waals surface area (Å²) in [4.78, 5) is 19.5. The Hall–Kier alpha value is -2.72. The standard InChI is InChI=1S/C20H18N2OS/c1-14-7-6-10-18(20(23)22-16-8-4-3-5-9-16)19(14)21-13-17-12-11-15(2)24-17/h3-13H,1-2H3,(H,22,23). The van der Waals surface area contributed by atoms with Crippen LogP contribution in [0.2, 0.25) is 0 Å². The van der Waals surface area contributed by atoms with E-state index < -0.39 is 0 Å². The van der Waals surface area contributed by atoms with E-state index in [0.29, 0.717) is 11.3 Å². The number of aliphatic imine (C=N–C) groups is 1. The number of nitrogens with one attached hydrogen (secondary N) is 1. The summed E-state index contributed by atoms with van der Waals surface area (Å²) in [5, 5.41) is 2.92. The van der Waals surface area contributed by atoms with E-state index in [0.717, 1.165) is 16.1 Å². The highest BCUT2D eigenvalue weighted by molar-refractivity contribution is 7.13. The monoisotopic (exact) mass is 334 g/mol. The van der Waals surface area contributed by atoms with Crippen molar-refractivity contribution in [2.75, 3.05) is 5.32 Å². The average Bonchev–Trinajstić information content (AvgIpc) is 3.00. The minimum atomic E-state index is -0.153. The lowest BCUT2D eigenvalue weighted by atomic mass is 10.1. The number of para-hydroxylation sites is 2. The second-order valence-electron chi connectivity index (χ2n) is 5.50. The van der Waals surface area contributed by atoms with Gasteiger partial charge in [0.1, 0.15) is 0 Å². The van der Waals surface area contributed by atoms with Crippen LogP contribution in [0.1, 0.15) is 25.7 Å². The SMILES string of the molecule is Cc1ccc(C=Nc2c(C)cccc2C(=O)Nc2ccccc2)s1. The van der Waals surface area contributed by atoms with Crippen molar-refractivity contribution in [2.24, 2.45) is 4.99 Å². The van der Waals surface area contributed by atoms with E-state index >= 15 is 0 Å². The lowest BCUT2D eigenvalue weighted by molar-refractivity contribution is 0.102. The number of anilines is 1. The van der Waals surface area contributed by atoms with Crippen LogP contribution in [-0.4, -0.2) is 12.1 Å².